The molecule has 2 aromatic carbocycles. The van der Waals surface area contributed by atoms with Crippen LogP contribution in [0.2, 0.25) is 0 Å². The summed E-state index contributed by atoms with van der Waals surface area (Å²) in [5, 5.41) is 3.42. The average Bonchev–Trinajstić information content (AvgIpc) is 3.02. The summed E-state index contributed by atoms with van der Waals surface area (Å²) < 4.78 is 10.9. The zero-order valence-electron chi connectivity index (χ0n) is 15.6. The van der Waals surface area contributed by atoms with Crippen molar-refractivity contribution in [3.05, 3.63) is 58.5 Å². The van der Waals surface area contributed by atoms with Gasteiger partial charge in [0.25, 0.3) is 5.91 Å². The molecular formula is C21H22N2O3S. The summed E-state index contributed by atoms with van der Waals surface area (Å²) in [6.45, 7) is 4.57. The number of nitrogens with zero attached hydrogens (tertiary/aromatic N) is 1. The van der Waals surface area contributed by atoms with Crippen molar-refractivity contribution >= 4 is 34.6 Å². The van der Waals surface area contributed by atoms with Crippen molar-refractivity contribution in [3.63, 3.8) is 0 Å². The Kier molecular flexibility index (Phi) is 6.19. The van der Waals surface area contributed by atoms with Gasteiger partial charge in [-0.2, -0.15) is 0 Å². The van der Waals surface area contributed by atoms with Crippen LogP contribution in [0.4, 0.5) is 5.69 Å². The first kappa shape index (κ1) is 19.0. The van der Waals surface area contributed by atoms with Crippen molar-refractivity contribution in [3.8, 4) is 11.5 Å². The molecule has 0 bridgehead atoms. The number of hydrogen-bond acceptors (Lipinski definition) is 5. The van der Waals surface area contributed by atoms with Crippen LogP contribution in [0.3, 0.4) is 0 Å². The van der Waals surface area contributed by atoms with E-state index >= 15 is 0 Å². The third-order valence-corrected chi connectivity index (χ3v) is 4.94. The lowest BCUT2D eigenvalue weighted by molar-refractivity contribution is -0.115. The minimum atomic E-state index is -0.152. The maximum atomic E-state index is 12.3. The van der Waals surface area contributed by atoms with Crippen molar-refractivity contribution < 1.29 is 14.3 Å². The van der Waals surface area contributed by atoms with Crippen molar-refractivity contribution in [1.29, 1.82) is 0 Å². The highest BCUT2D eigenvalue weighted by atomic mass is 32.2. The molecule has 1 fully saturated rings. The number of aliphatic imine (C=N–C) groups is 1. The highest BCUT2D eigenvalue weighted by molar-refractivity contribution is 8.18. The standard InChI is InChI=1S/C21H22N2O3S/c1-4-15-8-6-7-9-16(15)22-21-23-20(24)19(27-21)13-14-10-11-17(26-5-2)18(12-14)25-3/h6-13H,4-5H2,1-3H3,(H,22,23,24)/b19-13+. The number of nitrogens with one attached hydrogen (secondary N) is 1. The fraction of sp³-hybridized carbons (Fsp3) is 0.238. The summed E-state index contributed by atoms with van der Waals surface area (Å²) in [6, 6.07) is 13.5. The summed E-state index contributed by atoms with van der Waals surface area (Å²) in [6.07, 6.45) is 2.72. The van der Waals surface area contributed by atoms with E-state index in [1.165, 1.54) is 11.8 Å². The Morgan fingerprint density at radius 1 is 1.15 bits per heavy atom. The van der Waals surface area contributed by atoms with Crippen molar-refractivity contribution in [2.24, 2.45) is 4.99 Å². The maximum absolute atomic E-state index is 12.3. The number of carbonyl (C=O) groups excluding carboxylic acids is 1. The minimum absolute atomic E-state index is 0.152. The number of para-hydroxylation sites is 1. The van der Waals surface area contributed by atoms with E-state index < -0.39 is 0 Å². The number of carbonyl (C=O) groups is 1. The van der Waals surface area contributed by atoms with Crippen molar-refractivity contribution in [2.75, 3.05) is 13.7 Å². The molecule has 27 heavy (non-hydrogen) atoms. The lowest BCUT2D eigenvalue weighted by Gasteiger charge is -2.09. The second-order valence-corrected chi connectivity index (χ2v) is 6.84. The van der Waals surface area contributed by atoms with Gasteiger partial charge >= 0.3 is 0 Å². The van der Waals surface area contributed by atoms with E-state index in [0.717, 1.165) is 23.2 Å². The van der Waals surface area contributed by atoms with Gasteiger partial charge in [0.2, 0.25) is 0 Å². The third kappa shape index (κ3) is 4.52. The van der Waals surface area contributed by atoms with Gasteiger partial charge in [-0.05, 0) is 60.5 Å². The summed E-state index contributed by atoms with van der Waals surface area (Å²) in [5.41, 5.74) is 2.89. The minimum Gasteiger partial charge on any atom is -0.493 e. The van der Waals surface area contributed by atoms with E-state index in [9.17, 15) is 4.79 Å². The number of ether oxygens (including phenoxy) is 2. The first-order valence-corrected chi connectivity index (χ1v) is 9.64. The number of methoxy groups -OCH3 is 1. The fourth-order valence-corrected chi connectivity index (χ4v) is 3.54. The molecule has 6 heteroatoms. The van der Waals surface area contributed by atoms with Gasteiger partial charge in [-0.3, -0.25) is 4.79 Å². The summed E-state index contributed by atoms with van der Waals surface area (Å²) in [5.74, 6) is 1.17. The lowest BCUT2D eigenvalue weighted by atomic mass is 10.1. The van der Waals surface area contributed by atoms with Crippen LogP contribution >= 0.6 is 11.8 Å². The molecule has 5 nitrogen and oxygen atoms in total. The molecule has 0 aromatic heterocycles. The molecule has 140 valence electrons. The largest absolute Gasteiger partial charge is 0.493 e. The number of thioether (sulfide) groups is 1. The van der Waals surface area contributed by atoms with Crippen LogP contribution < -0.4 is 14.8 Å². The Hall–Kier alpha value is -2.73. The van der Waals surface area contributed by atoms with E-state index in [1.54, 1.807) is 7.11 Å². The van der Waals surface area contributed by atoms with Crippen LogP contribution in [-0.2, 0) is 11.2 Å². The van der Waals surface area contributed by atoms with Crippen LogP contribution in [0.15, 0.2) is 52.4 Å². The van der Waals surface area contributed by atoms with E-state index in [-0.39, 0.29) is 5.91 Å². The van der Waals surface area contributed by atoms with E-state index in [2.05, 4.69) is 17.2 Å². The molecule has 1 N–H and O–H groups in total. The predicted octanol–water partition coefficient (Wildman–Crippen LogP) is 4.55. The van der Waals surface area contributed by atoms with E-state index in [1.807, 2.05) is 55.5 Å². The number of rotatable bonds is 6. The van der Waals surface area contributed by atoms with Gasteiger partial charge < -0.3 is 14.8 Å². The summed E-state index contributed by atoms with van der Waals surface area (Å²) in [4.78, 5) is 17.5. The molecule has 1 heterocycles. The quantitative estimate of drug-likeness (QED) is 0.745. The number of amides is 1. The first-order chi connectivity index (χ1) is 13.1. The molecule has 0 unspecified atom stereocenters. The molecule has 1 amide bonds. The zero-order valence-corrected chi connectivity index (χ0v) is 16.4. The topological polar surface area (TPSA) is 59.9 Å². The lowest BCUT2D eigenvalue weighted by Crippen LogP contribution is -2.19. The second-order valence-electron chi connectivity index (χ2n) is 5.81. The van der Waals surface area contributed by atoms with Gasteiger partial charge in [0, 0.05) is 0 Å². The SMILES string of the molecule is CCOc1ccc(/C=C2/SC(=Nc3ccccc3CC)NC2=O)cc1OC. The molecule has 2 aromatic rings. The number of benzene rings is 2. The van der Waals surface area contributed by atoms with Crippen molar-refractivity contribution in [1.82, 2.24) is 5.32 Å². The van der Waals surface area contributed by atoms with E-state index in [4.69, 9.17) is 9.47 Å². The Balaban J connectivity index is 1.84. The van der Waals surface area contributed by atoms with E-state index in [0.29, 0.717) is 28.2 Å². The molecule has 0 atom stereocenters. The highest BCUT2D eigenvalue weighted by Gasteiger charge is 2.24. The number of amidine groups is 1. The van der Waals surface area contributed by atoms with Gasteiger partial charge in [-0.15, -0.1) is 0 Å². The monoisotopic (exact) mass is 382 g/mol. The predicted molar refractivity (Wildman–Crippen MR) is 111 cm³/mol. The summed E-state index contributed by atoms with van der Waals surface area (Å²) >= 11 is 1.33. The van der Waals surface area contributed by atoms with Crippen LogP contribution in [-0.4, -0.2) is 24.8 Å². The average molecular weight is 382 g/mol. The van der Waals surface area contributed by atoms with Crippen molar-refractivity contribution in [2.45, 2.75) is 20.3 Å². The van der Waals surface area contributed by atoms with Gasteiger partial charge in [0.15, 0.2) is 16.7 Å². The Morgan fingerprint density at radius 3 is 2.70 bits per heavy atom. The number of aryl methyl sites for hydroxylation is 1. The molecule has 0 saturated carbocycles. The van der Waals surface area contributed by atoms with Crippen LogP contribution in [0, 0.1) is 0 Å². The molecule has 3 rings (SSSR count). The Morgan fingerprint density at radius 2 is 1.96 bits per heavy atom. The van der Waals surface area contributed by atoms with Crippen LogP contribution in [0.5, 0.6) is 11.5 Å². The zero-order chi connectivity index (χ0) is 19.2. The maximum Gasteiger partial charge on any atom is 0.264 e. The molecule has 1 aliphatic heterocycles. The van der Waals surface area contributed by atoms with Gasteiger partial charge in [-0.25, -0.2) is 4.99 Å². The van der Waals surface area contributed by atoms with Crippen LogP contribution in [0.1, 0.15) is 25.0 Å². The molecule has 1 saturated heterocycles. The number of hydrogen-bond donors (Lipinski definition) is 1. The molecular weight excluding hydrogens is 360 g/mol. The van der Waals surface area contributed by atoms with Gasteiger partial charge in [0.1, 0.15) is 0 Å². The van der Waals surface area contributed by atoms with Crippen LogP contribution in [0.25, 0.3) is 6.08 Å². The molecule has 0 spiro atoms. The normalized spacial score (nSPS) is 16.6. The second kappa shape index (κ2) is 8.77. The third-order valence-electron chi connectivity index (χ3n) is 4.03. The highest BCUT2D eigenvalue weighted by Crippen LogP contribution is 2.32. The molecule has 0 aliphatic carbocycles. The van der Waals surface area contributed by atoms with Gasteiger partial charge in [0.05, 0.1) is 24.3 Å². The van der Waals surface area contributed by atoms with Gasteiger partial charge in [-0.1, -0.05) is 31.2 Å². The summed E-state index contributed by atoms with van der Waals surface area (Å²) in [7, 11) is 1.60. The fourth-order valence-electron chi connectivity index (χ4n) is 2.71. The smallest absolute Gasteiger partial charge is 0.264 e. The first-order valence-electron chi connectivity index (χ1n) is 8.83. The molecule has 0 radical (unpaired) electrons. The Bertz CT molecular complexity index is 906. The Labute approximate surface area is 163 Å². The molecule has 1 aliphatic rings.